The zero-order chi connectivity index (χ0) is 11.8. The van der Waals surface area contributed by atoms with Gasteiger partial charge in [0.2, 0.25) is 5.91 Å². The van der Waals surface area contributed by atoms with E-state index in [0.29, 0.717) is 25.3 Å². The summed E-state index contributed by atoms with van der Waals surface area (Å²) in [5.74, 6) is 0.656. The molecule has 0 aromatic carbocycles. The van der Waals surface area contributed by atoms with Crippen molar-refractivity contribution in [2.24, 2.45) is 5.92 Å². The summed E-state index contributed by atoms with van der Waals surface area (Å²) >= 11 is 0. The van der Waals surface area contributed by atoms with Crippen molar-refractivity contribution >= 4 is 11.7 Å². The molecule has 0 heterocycles. The quantitative estimate of drug-likeness (QED) is 0.650. The minimum atomic E-state index is 0.105. The van der Waals surface area contributed by atoms with Crippen molar-refractivity contribution in [3.63, 3.8) is 0 Å². The number of carbonyl (C=O) groups excluding carboxylic acids is 2. The number of nitrogens with zero attached hydrogens (tertiary/aromatic N) is 1. The maximum atomic E-state index is 11.7. The Hall–Kier alpha value is -0.860. The minimum absolute atomic E-state index is 0.105. The first kappa shape index (κ1) is 14.1. The Balaban J connectivity index is 4.29. The molecule has 3 nitrogen and oxygen atoms in total. The van der Waals surface area contributed by atoms with Gasteiger partial charge in [-0.05, 0) is 12.3 Å². The molecule has 0 aliphatic carbocycles. The van der Waals surface area contributed by atoms with Gasteiger partial charge in [-0.1, -0.05) is 27.7 Å². The third-order valence-corrected chi connectivity index (χ3v) is 2.16. The summed E-state index contributed by atoms with van der Waals surface area (Å²) in [5.41, 5.74) is 0. The minimum Gasteiger partial charge on any atom is -0.335 e. The predicted octanol–water partition coefficient (Wildman–Crippen LogP) is 2.25. The van der Waals surface area contributed by atoms with E-state index in [-0.39, 0.29) is 18.2 Å². The highest BCUT2D eigenvalue weighted by molar-refractivity contribution is 5.85. The fourth-order valence-electron chi connectivity index (χ4n) is 1.39. The van der Waals surface area contributed by atoms with Gasteiger partial charge in [0.1, 0.15) is 0 Å². The van der Waals surface area contributed by atoms with Gasteiger partial charge in [0.15, 0.2) is 5.78 Å². The molecule has 88 valence electrons. The zero-order valence-electron chi connectivity index (χ0n) is 10.4. The molecule has 0 saturated heterocycles. The second kappa shape index (κ2) is 7.43. The lowest BCUT2D eigenvalue weighted by atomic mass is 10.1. The van der Waals surface area contributed by atoms with Crippen LogP contribution in [0.4, 0.5) is 0 Å². The van der Waals surface area contributed by atoms with Gasteiger partial charge in [0, 0.05) is 19.4 Å². The molecule has 0 atom stereocenters. The number of Topliss-reactive ketones (excluding diaryl/α,β-unsaturated/α-hetero) is 1. The Morgan fingerprint density at radius 2 is 1.80 bits per heavy atom. The highest BCUT2D eigenvalue weighted by atomic mass is 16.2. The highest BCUT2D eigenvalue weighted by Gasteiger charge is 2.16. The maximum absolute atomic E-state index is 11.7. The van der Waals surface area contributed by atoms with Crippen LogP contribution in [-0.4, -0.2) is 29.7 Å². The van der Waals surface area contributed by atoms with E-state index in [0.717, 1.165) is 6.42 Å². The topological polar surface area (TPSA) is 37.4 Å². The largest absolute Gasteiger partial charge is 0.335 e. The second-order valence-electron chi connectivity index (χ2n) is 4.31. The maximum Gasteiger partial charge on any atom is 0.222 e. The summed E-state index contributed by atoms with van der Waals surface area (Å²) in [5, 5.41) is 0. The van der Waals surface area contributed by atoms with Crippen LogP contribution in [0.3, 0.4) is 0 Å². The molecule has 0 aliphatic rings. The first-order valence-corrected chi connectivity index (χ1v) is 5.80. The SMILES string of the molecule is CCCC(=O)N(CC(=O)CC)CC(C)C. The molecule has 0 aromatic heterocycles. The lowest BCUT2D eigenvalue weighted by molar-refractivity contribution is -0.135. The van der Waals surface area contributed by atoms with Crippen molar-refractivity contribution in [1.29, 1.82) is 0 Å². The summed E-state index contributed by atoms with van der Waals surface area (Å²) < 4.78 is 0. The Labute approximate surface area is 92.8 Å². The third-order valence-electron chi connectivity index (χ3n) is 2.16. The number of carbonyl (C=O) groups is 2. The normalized spacial score (nSPS) is 10.5. The fraction of sp³-hybridized carbons (Fsp3) is 0.833. The van der Waals surface area contributed by atoms with E-state index < -0.39 is 0 Å². The summed E-state index contributed by atoms with van der Waals surface area (Å²) in [4.78, 5) is 24.7. The zero-order valence-corrected chi connectivity index (χ0v) is 10.4. The van der Waals surface area contributed by atoms with E-state index in [4.69, 9.17) is 0 Å². The number of rotatable bonds is 7. The first-order chi connectivity index (χ1) is 7.01. The average Bonchev–Trinajstić information content (AvgIpc) is 2.16. The monoisotopic (exact) mass is 213 g/mol. The van der Waals surface area contributed by atoms with Crippen LogP contribution in [-0.2, 0) is 9.59 Å². The molecule has 15 heavy (non-hydrogen) atoms. The summed E-state index contributed by atoms with van der Waals surface area (Å²) in [6.45, 7) is 8.90. The van der Waals surface area contributed by atoms with Crippen LogP contribution in [0.2, 0.25) is 0 Å². The lowest BCUT2D eigenvalue weighted by Gasteiger charge is -2.23. The molecule has 3 heteroatoms. The van der Waals surface area contributed by atoms with Crippen molar-refractivity contribution in [3.8, 4) is 0 Å². The molecular formula is C12H23NO2. The Morgan fingerprint density at radius 1 is 1.20 bits per heavy atom. The van der Waals surface area contributed by atoms with Crippen LogP contribution < -0.4 is 0 Å². The van der Waals surface area contributed by atoms with E-state index in [1.54, 1.807) is 4.90 Å². The van der Waals surface area contributed by atoms with Crippen molar-refractivity contribution < 1.29 is 9.59 Å². The molecule has 0 aliphatic heterocycles. The van der Waals surface area contributed by atoms with E-state index in [1.807, 2.05) is 13.8 Å². The van der Waals surface area contributed by atoms with Crippen molar-refractivity contribution in [3.05, 3.63) is 0 Å². The molecule has 0 bridgehead atoms. The first-order valence-electron chi connectivity index (χ1n) is 5.80. The van der Waals surface area contributed by atoms with E-state index in [1.165, 1.54) is 0 Å². The molecule has 0 aromatic rings. The van der Waals surface area contributed by atoms with Crippen LogP contribution >= 0.6 is 0 Å². The van der Waals surface area contributed by atoms with Gasteiger partial charge < -0.3 is 4.90 Å². The average molecular weight is 213 g/mol. The molecule has 0 fully saturated rings. The van der Waals surface area contributed by atoms with E-state index in [9.17, 15) is 9.59 Å². The number of amides is 1. The number of hydrogen-bond donors (Lipinski definition) is 0. The molecule has 0 radical (unpaired) electrons. The molecule has 0 spiro atoms. The van der Waals surface area contributed by atoms with Crippen LogP contribution in [0.15, 0.2) is 0 Å². The predicted molar refractivity (Wildman–Crippen MR) is 61.6 cm³/mol. The Kier molecular flexibility index (Phi) is 7.01. The molecule has 0 rings (SSSR count). The number of hydrogen-bond acceptors (Lipinski definition) is 2. The van der Waals surface area contributed by atoms with Crippen LogP contribution in [0.25, 0.3) is 0 Å². The molecule has 0 saturated carbocycles. The van der Waals surface area contributed by atoms with Crippen molar-refractivity contribution in [2.75, 3.05) is 13.1 Å². The number of ketones is 1. The molecular weight excluding hydrogens is 190 g/mol. The van der Waals surface area contributed by atoms with Crippen LogP contribution in [0.1, 0.15) is 47.0 Å². The Bertz CT molecular complexity index is 212. The van der Waals surface area contributed by atoms with Crippen molar-refractivity contribution in [1.82, 2.24) is 4.90 Å². The van der Waals surface area contributed by atoms with Gasteiger partial charge in [-0.25, -0.2) is 0 Å². The van der Waals surface area contributed by atoms with Gasteiger partial charge in [-0.15, -0.1) is 0 Å². The van der Waals surface area contributed by atoms with Gasteiger partial charge in [0.25, 0.3) is 0 Å². The summed E-state index contributed by atoms with van der Waals surface area (Å²) in [6.07, 6.45) is 1.89. The van der Waals surface area contributed by atoms with E-state index in [2.05, 4.69) is 13.8 Å². The van der Waals surface area contributed by atoms with Gasteiger partial charge in [-0.3, -0.25) is 9.59 Å². The van der Waals surface area contributed by atoms with Crippen LogP contribution in [0.5, 0.6) is 0 Å². The fourth-order valence-corrected chi connectivity index (χ4v) is 1.39. The smallest absolute Gasteiger partial charge is 0.222 e. The summed E-state index contributed by atoms with van der Waals surface area (Å²) in [7, 11) is 0. The van der Waals surface area contributed by atoms with Gasteiger partial charge in [-0.2, -0.15) is 0 Å². The molecule has 0 unspecified atom stereocenters. The molecule has 0 N–H and O–H groups in total. The molecule has 1 amide bonds. The van der Waals surface area contributed by atoms with Gasteiger partial charge >= 0.3 is 0 Å². The second-order valence-corrected chi connectivity index (χ2v) is 4.31. The van der Waals surface area contributed by atoms with Crippen LogP contribution in [0, 0.1) is 5.92 Å². The standard InChI is InChI=1S/C12H23NO2/c1-5-7-12(15)13(8-10(3)4)9-11(14)6-2/h10H,5-9H2,1-4H3. The lowest BCUT2D eigenvalue weighted by Crippen LogP contribution is -2.37. The van der Waals surface area contributed by atoms with E-state index >= 15 is 0 Å². The third kappa shape index (κ3) is 6.26. The van der Waals surface area contributed by atoms with Gasteiger partial charge in [0.05, 0.1) is 6.54 Å². The Morgan fingerprint density at radius 3 is 2.20 bits per heavy atom. The van der Waals surface area contributed by atoms with Crippen molar-refractivity contribution in [2.45, 2.75) is 47.0 Å². The summed E-state index contributed by atoms with van der Waals surface area (Å²) in [6, 6.07) is 0. The highest BCUT2D eigenvalue weighted by Crippen LogP contribution is 2.04.